The number of hydrogen-bond donors (Lipinski definition) is 2. The molecular weight excluding hydrogens is 299 g/mol. The molecule has 1 amide bonds. The van der Waals surface area contributed by atoms with Crippen LogP contribution in [0.5, 0.6) is 0 Å². The highest BCUT2D eigenvalue weighted by atomic mass is 35.5. The van der Waals surface area contributed by atoms with Crippen molar-refractivity contribution in [3.05, 3.63) is 52.4 Å². The molecule has 0 unspecified atom stereocenters. The van der Waals surface area contributed by atoms with E-state index in [4.69, 9.17) is 23.2 Å². The van der Waals surface area contributed by atoms with E-state index in [-0.39, 0.29) is 16.1 Å². The minimum atomic E-state index is -0.321. The lowest BCUT2D eigenvalue weighted by molar-refractivity contribution is 0.102. The number of nitrogens with one attached hydrogen (secondary N) is 2. The van der Waals surface area contributed by atoms with Crippen molar-refractivity contribution >= 4 is 45.7 Å². The summed E-state index contributed by atoms with van der Waals surface area (Å²) in [5.41, 5.74) is 1.72. The molecule has 100 valence electrons. The summed E-state index contributed by atoms with van der Waals surface area (Å²) in [6.45, 7) is 0. The number of carbonyl (C=O) groups is 1. The number of nitrogens with zero attached hydrogens (tertiary/aromatic N) is 2. The Kier molecular flexibility index (Phi) is 3.30. The third-order valence-corrected chi connectivity index (χ3v) is 3.47. The smallest absolute Gasteiger partial charge is 0.257 e. The van der Waals surface area contributed by atoms with Crippen molar-refractivity contribution in [2.24, 2.45) is 0 Å². The van der Waals surface area contributed by atoms with E-state index in [1.54, 1.807) is 12.3 Å². The summed E-state index contributed by atoms with van der Waals surface area (Å²) in [4.78, 5) is 16.0. The Balaban J connectivity index is 1.92. The van der Waals surface area contributed by atoms with Gasteiger partial charge in [-0.3, -0.25) is 9.89 Å². The minimum absolute atomic E-state index is 0.166. The molecule has 0 fully saturated rings. The molecule has 0 atom stereocenters. The van der Waals surface area contributed by atoms with E-state index in [1.807, 2.05) is 12.1 Å². The number of amides is 1. The van der Waals surface area contributed by atoms with Crippen LogP contribution < -0.4 is 5.32 Å². The van der Waals surface area contributed by atoms with E-state index in [1.165, 1.54) is 12.3 Å². The van der Waals surface area contributed by atoms with Crippen LogP contribution in [0, 0.1) is 0 Å². The Morgan fingerprint density at radius 3 is 2.90 bits per heavy atom. The number of fused-ring (bicyclic) bond motifs is 1. The van der Waals surface area contributed by atoms with Crippen LogP contribution >= 0.6 is 23.2 Å². The van der Waals surface area contributed by atoms with E-state index < -0.39 is 0 Å². The molecule has 2 heterocycles. The van der Waals surface area contributed by atoms with Gasteiger partial charge in [0.1, 0.15) is 5.15 Å². The van der Waals surface area contributed by atoms with Crippen molar-refractivity contribution in [1.29, 1.82) is 0 Å². The third-order valence-electron chi connectivity index (χ3n) is 2.78. The fourth-order valence-corrected chi connectivity index (χ4v) is 2.08. The number of benzene rings is 1. The molecule has 0 radical (unpaired) electrons. The van der Waals surface area contributed by atoms with Crippen LogP contribution in [0.15, 0.2) is 36.7 Å². The van der Waals surface area contributed by atoms with Crippen molar-refractivity contribution in [3.8, 4) is 0 Å². The van der Waals surface area contributed by atoms with Crippen LogP contribution in [0.1, 0.15) is 10.4 Å². The van der Waals surface area contributed by atoms with Gasteiger partial charge in [-0.2, -0.15) is 5.10 Å². The Labute approximate surface area is 123 Å². The zero-order valence-electron chi connectivity index (χ0n) is 10.0. The van der Waals surface area contributed by atoms with Crippen LogP contribution in [-0.2, 0) is 0 Å². The van der Waals surface area contributed by atoms with Gasteiger partial charge in [0, 0.05) is 11.6 Å². The molecular formula is C13H8Cl2N4O. The molecule has 2 N–H and O–H groups in total. The minimum Gasteiger partial charge on any atom is -0.320 e. The van der Waals surface area contributed by atoms with Crippen LogP contribution in [0.25, 0.3) is 10.9 Å². The highest BCUT2D eigenvalue weighted by molar-refractivity contribution is 6.41. The van der Waals surface area contributed by atoms with Crippen molar-refractivity contribution in [1.82, 2.24) is 15.2 Å². The molecule has 0 bridgehead atoms. The summed E-state index contributed by atoms with van der Waals surface area (Å²) < 4.78 is 0. The summed E-state index contributed by atoms with van der Waals surface area (Å²) in [5.74, 6) is -0.321. The Bertz CT molecular complexity index is 800. The second-order valence-corrected chi connectivity index (χ2v) is 4.86. The van der Waals surface area contributed by atoms with E-state index in [2.05, 4.69) is 20.5 Å². The molecule has 0 saturated carbocycles. The van der Waals surface area contributed by atoms with Crippen molar-refractivity contribution in [3.63, 3.8) is 0 Å². The van der Waals surface area contributed by atoms with Crippen molar-refractivity contribution in [2.75, 3.05) is 5.32 Å². The molecule has 1 aromatic carbocycles. The van der Waals surface area contributed by atoms with Crippen LogP contribution in [0.2, 0.25) is 10.2 Å². The van der Waals surface area contributed by atoms with Gasteiger partial charge in [0.2, 0.25) is 0 Å². The molecule has 5 nitrogen and oxygen atoms in total. The highest BCUT2D eigenvalue weighted by Gasteiger charge is 2.11. The predicted molar refractivity (Wildman–Crippen MR) is 78.3 cm³/mol. The lowest BCUT2D eigenvalue weighted by Gasteiger charge is -2.06. The maximum Gasteiger partial charge on any atom is 0.257 e. The van der Waals surface area contributed by atoms with Crippen molar-refractivity contribution in [2.45, 2.75) is 0 Å². The maximum atomic E-state index is 12.2. The maximum absolute atomic E-state index is 12.2. The normalized spacial score (nSPS) is 10.7. The summed E-state index contributed by atoms with van der Waals surface area (Å²) >= 11 is 11.6. The first kappa shape index (κ1) is 12.9. The number of halogens is 2. The molecule has 3 aromatic rings. The first-order valence-corrected chi connectivity index (χ1v) is 6.45. The average Bonchev–Trinajstić information content (AvgIpc) is 2.91. The predicted octanol–water partition coefficient (Wildman–Crippen LogP) is 3.52. The molecule has 3 rings (SSSR count). The van der Waals surface area contributed by atoms with Crippen LogP contribution in [0.3, 0.4) is 0 Å². The number of aromatic nitrogens is 3. The number of hydrogen-bond acceptors (Lipinski definition) is 3. The second kappa shape index (κ2) is 5.11. The zero-order chi connectivity index (χ0) is 14.1. The highest BCUT2D eigenvalue weighted by Crippen LogP contribution is 2.23. The zero-order valence-corrected chi connectivity index (χ0v) is 11.5. The first-order chi connectivity index (χ1) is 9.65. The lowest BCUT2D eigenvalue weighted by atomic mass is 10.2. The standard InChI is InChI=1S/C13H8Cl2N4O/c14-9-4-8(5-16-12(9)15)13(20)18-10-3-1-2-7-6-17-19-11(7)10/h1-6H,(H,17,19)(H,18,20). The summed E-state index contributed by atoms with van der Waals surface area (Å²) in [5, 5.41) is 10.9. The number of carbonyl (C=O) groups excluding carboxylic acids is 1. The summed E-state index contributed by atoms with van der Waals surface area (Å²) in [6, 6.07) is 6.98. The quantitative estimate of drug-likeness (QED) is 0.712. The molecule has 7 heteroatoms. The Morgan fingerprint density at radius 1 is 1.25 bits per heavy atom. The van der Waals surface area contributed by atoms with Gasteiger partial charge in [0.15, 0.2) is 0 Å². The summed E-state index contributed by atoms with van der Waals surface area (Å²) in [6.07, 6.45) is 3.06. The van der Waals surface area contributed by atoms with Gasteiger partial charge >= 0.3 is 0 Å². The molecule has 0 aliphatic heterocycles. The molecule has 2 aromatic heterocycles. The van der Waals surface area contributed by atoms with Gasteiger partial charge in [0.05, 0.1) is 28.0 Å². The first-order valence-electron chi connectivity index (χ1n) is 5.69. The van der Waals surface area contributed by atoms with Gasteiger partial charge in [-0.1, -0.05) is 35.3 Å². The molecule has 0 saturated heterocycles. The fraction of sp³-hybridized carbons (Fsp3) is 0. The molecule has 20 heavy (non-hydrogen) atoms. The SMILES string of the molecule is O=C(Nc1cccc2cn[nH]c12)c1cnc(Cl)c(Cl)c1. The van der Waals surface area contributed by atoms with E-state index in [0.29, 0.717) is 11.3 Å². The fourth-order valence-electron chi connectivity index (χ4n) is 1.81. The van der Waals surface area contributed by atoms with Crippen LogP contribution in [0.4, 0.5) is 5.69 Å². The molecule has 0 aliphatic carbocycles. The van der Waals surface area contributed by atoms with E-state index >= 15 is 0 Å². The Hall–Kier alpha value is -2.11. The van der Waals surface area contributed by atoms with Gasteiger partial charge in [0.25, 0.3) is 5.91 Å². The van der Waals surface area contributed by atoms with Crippen molar-refractivity contribution < 1.29 is 4.79 Å². The number of pyridine rings is 1. The van der Waals surface area contributed by atoms with E-state index in [9.17, 15) is 4.79 Å². The summed E-state index contributed by atoms with van der Waals surface area (Å²) in [7, 11) is 0. The monoisotopic (exact) mass is 306 g/mol. The number of para-hydroxylation sites is 1. The van der Waals surface area contributed by atoms with Gasteiger partial charge < -0.3 is 5.32 Å². The number of aromatic amines is 1. The molecule has 0 aliphatic rings. The number of H-pyrrole nitrogens is 1. The Morgan fingerprint density at radius 2 is 2.10 bits per heavy atom. The average molecular weight is 307 g/mol. The topological polar surface area (TPSA) is 70.7 Å². The molecule has 0 spiro atoms. The number of anilines is 1. The number of rotatable bonds is 2. The van der Waals surface area contributed by atoms with E-state index in [0.717, 1.165) is 10.9 Å². The van der Waals surface area contributed by atoms with Gasteiger partial charge in [-0.25, -0.2) is 4.98 Å². The third kappa shape index (κ3) is 2.33. The second-order valence-electron chi connectivity index (χ2n) is 4.09. The lowest BCUT2D eigenvalue weighted by Crippen LogP contribution is -2.12. The van der Waals surface area contributed by atoms with Gasteiger partial charge in [-0.15, -0.1) is 0 Å². The van der Waals surface area contributed by atoms with Crippen LogP contribution in [-0.4, -0.2) is 21.1 Å². The van der Waals surface area contributed by atoms with Gasteiger partial charge in [-0.05, 0) is 12.1 Å². The largest absolute Gasteiger partial charge is 0.320 e.